The molecular formula is C21H14ClN3O3. The predicted octanol–water partition coefficient (Wildman–Crippen LogP) is 4.10. The second kappa shape index (κ2) is 6.90. The van der Waals surface area contributed by atoms with Crippen LogP contribution in [0, 0.1) is 6.92 Å². The Morgan fingerprint density at radius 2 is 1.96 bits per heavy atom. The van der Waals surface area contributed by atoms with Gasteiger partial charge in [0.2, 0.25) is 0 Å². The summed E-state index contributed by atoms with van der Waals surface area (Å²) in [6, 6.07) is 10.3. The van der Waals surface area contributed by atoms with E-state index in [1.807, 2.05) is 0 Å². The number of halogens is 1. The van der Waals surface area contributed by atoms with Crippen molar-refractivity contribution in [3.63, 3.8) is 0 Å². The lowest BCUT2D eigenvalue weighted by Crippen LogP contribution is -2.29. The van der Waals surface area contributed by atoms with Crippen molar-refractivity contribution < 1.29 is 17.1 Å². The maximum atomic E-state index is 12.9. The van der Waals surface area contributed by atoms with Crippen LogP contribution in [0.25, 0.3) is 0 Å². The smallest absolute Gasteiger partial charge is 0.274 e. The predicted molar refractivity (Wildman–Crippen MR) is 106 cm³/mol. The van der Waals surface area contributed by atoms with Gasteiger partial charge in [-0.1, -0.05) is 29.8 Å². The normalized spacial score (nSPS) is 13.9. The van der Waals surface area contributed by atoms with Crippen molar-refractivity contribution in [2.75, 3.05) is 10.2 Å². The SMILES string of the molecule is [3H]c1cc(N2C(=O)c3ccc([3H])c(C)c3C2=O)c(Cl)cc1NC(=O)c1ccccn1. The summed E-state index contributed by atoms with van der Waals surface area (Å²) in [4.78, 5) is 42.9. The van der Waals surface area contributed by atoms with E-state index in [1.165, 1.54) is 36.5 Å². The quantitative estimate of drug-likeness (QED) is 0.677. The van der Waals surface area contributed by atoms with E-state index >= 15 is 0 Å². The minimum Gasteiger partial charge on any atom is -0.321 e. The van der Waals surface area contributed by atoms with E-state index in [1.54, 1.807) is 19.1 Å². The molecule has 7 heteroatoms. The highest BCUT2D eigenvalue weighted by Gasteiger charge is 2.38. The number of nitrogens with one attached hydrogen (secondary N) is 1. The Kier molecular flexibility index (Phi) is 3.83. The molecule has 1 aromatic heterocycles. The molecule has 0 aliphatic carbocycles. The van der Waals surface area contributed by atoms with Gasteiger partial charge in [0.05, 0.1) is 24.6 Å². The minimum atomic E-state index is -0.604. The zero-order valence-corrected chi connectivity index (χ0v) is 15.4. The van der Waals surface area contributed by atoms with E-state index < -0.39 is 17.7 Å². The van der Waals surface area contributed by atoms with Gasteiger partial charge in [-0.3, -0.25) is 19.4 Å². The lowest BCUT2D eigenvalue weighted by molar-refractivity contribution is 0.0924. The zero-order valence-electron chi connectivity index (χ0n) is 16.6. The molecule has 3 amide bonds. The van der Waals surface area contributed by atoms with Crippen molar-refractivity contribution in [2.45, 2.75) is 6.92 Å². The van der Waals surface area contributed by atoms with Crippen LogP contribution in [-0.4, -0.2) is 22.7 Å². The molecule has 0 saturated carbocycles. The number of hydrogen-bond donors (Lipinski definition) is 1. The third kappa shape index (κ3) is 2.93. The number of fused-ring (bicyclic) bond motifs is 1. The van der Waals surface area contributed by atoms with Gasteiger partial charge in [0.15, 0.2) is 0 Å². The standard InChI is InChI=1S/C21H14ClN3O3/c1-12-5-4-6-14-18(12)21(28)25(20(14)27)17-9-8-13(11-15(17)22)24-19(26)16-7-2-3-10-23-16/h2-11H,1H3,(H,24,26)/i5T,8T. The number of imide groups is 1. The van der Waals surface area contributed by atoms with E-state index in [0.29, 0.717) is 5.56 Å². The molecule has 0 radical (unpaired) electrons. The summed E-state index contributed by atoms with van der Waals surface area (Å²) in [5.74, 6) is -1.70. The van der Waals surface area contributed by atoms with Crippen molar-refractivity contribution in [1.82, 2.24) is 4.98 Å². The van der Waals surface area contributed by atoms with Crippen LogP contribution in [0.5, 0.6) is 0 Å². The number of pyridine rings is 1. The number of rotatable bonds is 3. The Labute approximate surface area is 168 Å². The second-order valence-corrected chi connectivity index (χ2v) is 6.49. The van der Waals surface area contributed by atoms with Crippen LogP contribution >= 0.6 is 11.6 Å². The average molecular weight is 396 g/mol. The van der Waals surface area contributed by atoms with Crippen LogP contribution in [0.1, 0.15) is 39.5 Å². The highest BCUT2D eigenvalue weighted by molar-refractivity contribution is 6.40. The number of carbonyl (C=O) groups is 3. The molecule has 3 aromatic rings. The third-order valence-electron chi connectivity index (χ3n) is 4.31. The van der Waals surface area contributed by atoms with Gasteiger partial charge >= 0.3 is 0 Å². The molecule has 0 fully saturated rings. The lowest BCUT2D eigenvalue weighted by atomic mass is 10.0. The maximum Gasteiger partial charge on any atom is 0.274 e. The Morgan fingerprint density at radius 3 is 2.71 bits per heavy atom. The fourth-order valence-corrected chi connectivity index (χ4v) is 3.24. The fraction of sp³-hybridized carbons (Fsp3) is 0.0476. The molecule has 138 valence electrons. The van der Waals surface area contributed by atoms with Gasteiger partial charge in [0.1, 0.15) is 5.69 Å². The average Bonchev–Trinajstić information content (AvgIpc) is 2.98. The van der Waals surface area contributed by atoms with E-state index in [0.717, 1.165) is 4.90 Å². The Bertz CT molecular complexity index is 1230. The summed E-state index contributed by atoms with van der Waals surface area (Å²) in [6.07, 6.45) is 1.47. The molecule has 0 bridgehead atoms. The zero-order chi connectivity index (χ0) is 21.6. The molecule has 1 aliphatic rings. The first-order chi connectivity index (χ1) is 14.3. The highest BCUT2D eigenvalue weighted by atomic mass is 35.5. The van der Waals surface area contributed by atoms with Crippen LogP contribution in [-0.2, 0) is 0 Å². The molecule has 0 unspecified atom stereocenters. The molecule has 4 rings (SSSR count). The van der Waals surface area contributed by atoms with Crippen LogP contribution in [0.4, 0.5) is 11.4 Å². The van der Waals surface area contributed by atoms with Gasteiger partial charge in [-0.05, 0) is 48.9 Å². The second-order valence-electron chi connectivity index (χ2n) is 6.09. The van der Waals surface area contributed by atoms with Crippen LogP contribution in [0.2, 0.25) is 5.02 Å². The number of amides is 3. The molecule has 1 N–H and O–H groups in total. The molecule has 2 heterocycles. The summed E-state index contributed by atoms with van der Waals surface area (Å²) in [7, 11) is 0. The van der Waals surface area contributed by atoms with Crippen molar-refractivity contribution in [3.05, 3.63) is 88.2 Å². The maximum absolute atomic E-state index is 12.9. The van der Waals surface area contributed by atoms with Crippen molar-refractivity contribution in [1.29, 1.82) is 0 Å². The number of hydrogen-bond acceptors (Lipinski definition) is 4. The van der Waals surface area contributed by atoms with Gasteiger partial charge in [-0.15, -0.1) is 0 Å². The van der Waals surface area contributed by atoms with Crippen molar-refractivity contribution in [3.8, 4) is 0 Å². The summed E-state index contributed by atoms with van der Waals surface area (Å²) in [5, 5.41) is 2.57. The van der Waals surface area contributed by atoms with Gasteiger partial charge < -0.3 is 5.32 Å². The first-order valence-corrected chi connectivity index (χ1v) is 8.69. The third-order valence-corrected chi connectivity index (χ3v) is 4.61. The lowest BCUT2D eigenvalue weighted by Gasteiger charge is -2.16. The molecule has 0 atom stereocenters. The van der Waals surface area contributed by atoms with Gasteiger partial charge in [0, 0.05) is 11.9 Å². The Hall–Kier alpha value is -3.51. The highest BCUT2D eigenvalue weighted by Crippen LogP contribution is 2.35. The van der Waals surface area contributed by atoms with Crippen molar-refractivity contribution >= 4 is 40.7 Å². The molecule has 6 nitrogen and oxygen atoms in total. The number of benzene rings is 2. The molecule has 0 spiro atoms. The van der Waals surface area contributed by atoms with Gasteiger partial charge in [-0.25, -0.2) is 4.90 Å². The molecule has 1 aliphatic heterocycles. The van der Waals surface area contributed by atoms with Crippen molar-refractivity contribution in [2.24, 2.45) is 0 Å². The van der Waals surface area contributed by atoms with Crippen LogP contribution < -0.4 is 10.2 Å². The summed E-state index contributed by atoms with van der Waals surface area (Å²) in [5.41, 5.74) is 1.05. The van der Waals surface area contributed by atoms with Crippen LogP contribution in [0.15, 0.2) is 60.7 Å². The number of carbonyl (C=O) groups excluding carboxylic acids is 3. The Morgan fingerprint density at radius 1 is 1.14 bits per heavy atom. The minimum absolute atomic E-state index is 0.0144. The number of aromatic nitrogens is 1. The monoisotopic (exact) mass is 395 g/mol. The Balaban J connectivity index is 1.69. The number of anilines is 2. The summed E-state index contributed by atoms with van der Waals surface area (Å²) < 4.78 is 16.1. The molecule has 0 saturated heterocycles. The first-order valence-electron chi connectivity index (χ1n) is 9.31. The number of nitrogens with zero attached hydrogens (tertiary/aromatic N) is 2. The largest absolute Gasteiger partial charge is 0.321 e. The molecule has 28 heavy (non-hydrogen) atoms. The van der Waals surface area contributed by atoms with E-state index in [2.05, 4.69) is 10.3 Å². The fourth-order valence-electron chi connectivity index (χ4n) is 2.99. The first kappa shape index (κ1) is 15.5. The van der Waals surface area contributed by atoms with Gasteiger partial charge in [-0.2, -0.15) is 0 Å². The summed E-state index contributed by atoms with van der Waals surface area (Å²) >= 11 is 6.32. The molecular weight excluding hydrogens is 378 g/mol. The summed E-state index contributed by atoms with van der Waals surface area (Å²) in [6.45, 7) is 1.60. The topological polar surface area (TPSA) is 79.4 Å². The molecule has 2 aromatic carbocycles. The van der Waals surface area contributed by atoms with Crippen LogP contribution in [0.3, 0.4) is 0 Å². The van der Waals surface area contributed by atoms with E-state index in [4.69, 9.17) is 14.3 Å². The van der Waals surface area contributed by atoms with Gasteiger partial charge in [0.25, 0.3) is 17.7 Å². The van der Waals surface area contributed by atoms with E-state index in [-0.39, 0.29) is 45.3 Å². The van der Waals surface area contributed by atoms with E-state index in [9.17, 15) is 14.4 Å².